The molecule has 1 aliphatic carbocycles. The van der Waals surface area contributed by atoms with Gasteiger partial charge in [-0.05, 0) is 26.2 Å². The molecule has 23 heavy (non-hydrogen) atoms. The lowest BCUT2D eigenvalue weighted by atomic mass is 9.74. The number of nitrogens with one attached hydrogen (secondary N) is 1. The number of carboxylic acids is 1. The SMILES string of the molecule is Cc1nc(-c2cnn(C)c2)sc1C(=O)NC1(CC(=O)O)CCC1. The lowest BCUT2D eigenvalue weighted by molar-refractivity contribution is -0.139. The maximum Gasteiger partial charge on any atom is 0.305 e. The zero-order valence-corrected chi connectivity index (χ0v) is 13.8. The van der Waals surface area contributed by atoms with E-state index in [2.05, 4.69) is 15.4 Å². The summed E-state index contributed by atoms with van der Waals surface area (Å²) in [5.74, 6) is -1.13. The first-order valence-electron chi connectivity index (χ1n) is 7.39. The number of rotatable bonds is 5. The molecule has 0 atom stereocenters. The molecule has 122 valence electrons. The average Bonchev–Trinajstić information content (AvgIpc) is 3.01. The van der Waals surface area contributed by atoms with E-state index in [0.717, 1.165) is 17.0 Å². The van der Waals surface area contributed by atoms with Crippen LogP contribution in [-0.4, -0.2) is 37.3 Å². The molecule has 7 nitrogen and oxygen atoms in total. The van der Waals surface area contributed by atoms with Crippen molar-refractivity contribution in [1.29, 1.82) is 0 Å². The number of nitrogens with zero attached hydrogens (tertiary/aromatic N) is 3. The van der Waals surface area contributed by atoms with Crippen LogP contribution in [0.25, 0.3) is 10.6 Å². The number of carboxylic acid groups (broad SMARTS) is 1. The molecule has 0 unspecified atom stereocenters. The van der Waals surface area contributed by atoms with Gasteiger partial charge < -0.3 is 10.4 Å². The average molecular weight is 334 g/mol. The molecule has 0 saturated heterocycles. The zero-order valence-electron chi connectivity index (χ0n) is 13.0. The Kier molecular flexibility index (Phi) is 3.93. The van der Waals surface area contributed by atoms with Gasteiger partial charge in [-0.2, -0.15) is 5.10 Å². The first-order valence-corrected chi connectivity index (χ1v) is 8.21. The topological polar surface area (TPSA) is 97.1 Å². The molecular formula is C15H18N4O3S. The summed E-state index contributed by atoms with van der Waals surface area (Å²) in [5.41, 5.74) is 0.910. The van der Waals surface area contributed by atoms with Gasteiger partial charge in [-0.25, -0.2) is 4.98 Å². The van der Waals surface area contributed by atoms with Crippen molar-refractivity contribution in [3.8, 4) is 10.6 Å². The second-order valence-corrected chi connectivity index (χ2v) is 6.99. The van der Waals surface area contributed by atoms with Crippen LogP contribution in [0, 0.1) is 6.92 Å². The number of hydrogen-bond acceptors (Lipinski definition) is 5. The highest BCUT2D eigenvalue weighted by Crippen LogP contribution is 2.36. The number of hydrogen-bond donors (Lipinski definition) is 2. The molecular weight excluding hydrogens is 316 g/mol. The van der Waals surface area contributed by atoms with E-state index in [0.29, 0.717) is 23.4 Å². The van der Waals surface area contributed by atoms with E-state index in [9.17, 15) is 9.59 Å². The Labute approximate surface area is 137 Å². The van der Waals surface area contributed by atoms with Gasteiger partial charge in [-0.15, -0.1) is 11.3 Å². The first-order chi connectivity index (χ1) is 10.9. The second-order valence-electron chi connectivity index (χ2n) is 5.99. The minimum Gasteiger partial charge on any atom is -0.481 e. The number of aryl methyl sites for hydroxylation is 2. The molecule has 8 heteroatoms. The van der Waals surface area contributed by atoms with E-state index in [-0.39, 0.29) is 12.3 Å². The fraction of sp³-hybridized carbons (Fsp3) is 0.467. The van der Waals surface area contributed by atoms with Crippen LogP contribution in [0.5, 0.6) is 0 Å². The lowest BCUT2D eigenvalue weighted by Gasteiger charge is -2.41. The van der Waals surface area contributed by atoms with Crippen molar-refractivity contribution in [3.63, 3.8) is 0 Å². The van der Waals surface area contributed by atoms with E-state index in [1.807, 2.05) is 13.2 Å². The third-order valence-electron chi connectivity index (χ3n) is 4.13. The Bertz CT molecular complexity index is 761. The molecule has 0 spiro atoms. The maximum atomic E-state index is 12.6. The van der Waals surface area contributed by atoms with E-state index in [1.54, 1.807) is 17.8 Å². The third-order valence-corrected chi connectivity index (χ3v) is 5.34. The predicted octanol–water partition coefficient (Wildman–Crippen LogP) is 1.98. The third kappa shape index (κ3) is 3.12. The molecule has 1 aliphatic rings. The van der Waals surface area contributed by atoms with Crippen molar-refractivity contribution >= 4 is 23.2 Å². The van der Waals surface area contributed by atoms with E-state index >= 15 is 0 Å². The zero-order chi connectivity index (χ0) is 16.6. The molecule has 1 fully saturated rings. The van der Waals surface area contributed by atoms with Crippen LogP contribution in [-0.2, 0) is 11.8 Å². The van der Waals surface area contributed by atoms with Crippen molar-refractivity contribution in [2.24, 2.45) is 7.05 Å². The molecule has 1 saturated carbocycles. The number of aromatic nitrogens is 3. The standard InChI is InChI=1S/C15H18N4O3S/c1-9-12(23-14(17-9)10-7-16-19(2)8-10)13(22)18-15(4-3-5-15)6-11(20)21/h7-8H,3-6H2,1-2H3,(H,18,22)(H,20,21). The molecule has 1 amide bonds. The number of aliphatic carboxylic acids is 1. The van der Waals surface area contributed by atoms with Crippen molar-refractivity contribution < 1.29 is 14.7 Å². The van der Waals surface area contributed by atoms with Crippen LogP contribution in [0.4, 0.5) is 0 Å². The minimum atomic E-state index is -0.887. The molecule has 2 N–H and O–H groups in total. The number of thiazole rings is 1. The molecule has 0 bridgehead atoms. The van der Waals surface area contributed by atoms with Crippen LogP contribution < -0.4 is 5.32 Å². The fourth-order valence-corrected chi connectivity index (χ4v) is 3.74. The van der Waals surface area contributed by atoms with Gasteiger partial charge in [0.15, 0.2) is 0 Å². The maximum absolute atomic E-state index is 12.6. The van der Waals surface area contributed by atoms with Crippen molar-refractivity contribution in [2.75, 3.05) is 0 Å². The number of carbonyl (C=O) groups is 2. The smallest absolute Gasteiger partial charge is 0.305 e. The monoisotopic (exact) mass is 334 g/mol. The van der Waals surface area contributed by atoms with Gasteiger partial charge in [0.2, 0.25) is 0 Å². The van der Waals surface area contributed by atoms with Crippen LogP contribution in [0.3, 0.4) is 0 Å². The Morgan fingerprint density at radius 1 is 1.48 bits per heavy atom. The van der Waals surface area contributed by atoms with E-state index < -0.39 is 11.5 Å². The largest absolute Gasteiger partial charge is 0.481 e. The van der Waals surface area contributed by atoms with Crippen molar-refractivity contribution in [1.82, 2.24) is 20.1 Å². The summed E-state index contributed by atoms with van der Waals surface area (Å²) in [6.07, 6.45) is 5.87. The Balaban J connectivity index is 1.80. The number of amides is 1. The Hall–Kier alpha value is -2.22. The van der Waals surface area contributed by atoms with Crippen LogP contribution >= 0.6 is 11.3 Å². The van der Waals surface area contributed by atoms with Gasteiger partial charge in [-0.3, -0.25) is 14.3 Å². The Morgan fingerprint density at radius 2 is 2.22 bits per heavy atom. The highest BCUT2D eigenvalue weighted by Gasteiger charge is 2.41. The normalized spacial score (nSPS) is 15.9. The van der Waals surface area contributed by atoms with Gasteiger partial charge in [0.1, 0.15) is 9.88 Å². The molecule has 2 aromatic rings. The predicted molar refractivity (Wildman–Crippen MR) is 85.4 cm³/mol. The molecule has 0 aliphatic heterocycles. The molecule has 0 aromatic carbocycles. The second kappa shape index (κ2) is 5.77. The summed E-state index contributed by atoms with van der Waals surface area (Å²) in [7, 11) is 1.82. The van der Waals surface area contributed by atoms with Gasteiger partial charge in [0.05, 0.1) is 23.9 Å². The molecule has 2 heterocycles. The molecule has 3 rings (SSSR count). The van der Waals surface area contributed by atoms with Crippen LogP contribution in [0.1, 0.15) is 41.0 Å². The number of carbonyl (C=O) groups excluding carboxylic acids is 1. The Morgan fingerprint density at radius 3 is 2.74 bits per heavy atom. The summed E-state index contributed by atoms with van der Waals surface area (Å²) >= 11 is 1.30. The van der Waals surface area contributed by atoms with Crippen LogP contribution in [0.15, 0.2) is 12.4 Å². The summed E-state index contributed by atoms with van der Waals surface area (Å²) in [4.78, 5) is 28.5. The highest BCUT2D eigenvalue weighted by atomic mass is 32.1. The summed E-state index contributed by atoms with van der Waals surface area (Å²) in [5, 5.41) is 16.8. The first kappa shape index (κ1) is 15.7. The van der Waals surface area contributed by atoms with E-state index in [1.165, 1.54) is 11.3 Å². The van der Waals surface area contributed by atoms with Crippen LogP contribution in [0.2, 0.25) is 0 Å². The fourth-order valence-electron chi connectivity index (χ4n) is 2.80. The van der Waals surface area contributed by atoms with Crippen molar-refractivity contribution in [2.45, 2.75) is 38.1 Å². The van der Waals surface area contributed by atoms with E-state index in [4.69, 9.17) is 5.11 Å². The van der Waals surface area contributed by atoms with Crippen molar-refractivity contribution in [3.05, 3.63) is 23.0 Å². The summed E-state index contributed by atoms with van der Waals surface area (Å²) in [6, 6.07) is 0. The summed E-state index contributed by atoms with van der Waals surface area (Å²) < 4.78 is 1.68. The van der Waals surface area contributed by atoms with Gasteiger partial charge in [-0.1, -0.05) is 0 Å². The minimum absolute atomic E-state index is 0.0357. The highest BCUT2D eigenvalue weighted by molar-refractivity contribution is 7.17. The van der Waals surface area contributed by atoms with Gasteiger partial charge in [0.25, 0.3) is 5.91 Å². The lowest BCUT2D eigenvalue weighted by Crippen LogP contribution is -2.54. The molecule has 2 aromatic heterocycles. The quantitative estimate of drug-likeness (QED) is 0.871. The molecule has 0 radical (unpaired) electrons. The van der Waals surface area contributed by atoms with Gasteiger partial charge in [0, 0.05) is 18.8 Å². The summed E-state index contributed by atoms with van der Waals surface area (Å²) in [6.45, 7) is 1.79. The van der Waals surface area contributed by atoms with Gasteiger partial charge >= 0.3 is 5.97 Å².